The first kappa shape index (κ1) is 18.3. The minimum Gasteiger partial charge on any atom is -0.485 e. The number of furan rings is 1. The van der Waals surface area contributed by atoms with Gasteiger partial charge in [0, 0.05) is 13.1 Å². The van der Waals surface area contributed by atoms with Crippen LogP contribution in [0.5, 0.6) is 5.75 Å². The fourth-order valence-corrected chi connectivity index (χ4v) is 3.33. The van der Waals surface area contributed by atoms with E-state index >= 15 is 0 Å². The zero-order chi connectivity index (χ0) is 18.5. The lowest BCUT2D eigenvalue weighted by Crippen LogP contribution is -2.47. The highest BCUT2D eigenvalue weighted by atomic mass is 16.5. The molecule has 1 aromatic heterocycles. The lowest BCUT2D eigenvalue weighted by Gasteiger charge is -2.37. The molecule has 26 heavy (non-hydrogen) atoms. The van der Waals surface area contributed by atoms with E-state index in [1.54, 1.807) is 6.26 Å². The SMILES string of the molecule is CCN1C[C@H](CN(C)CC(=O)N[C@H](C)c2ccco2)Oc2ccccc21. The van der Waals surface area contributed by atoms with Gasteiger partial charge in [-0.15, -0.1) is 0 Å². The van der Waals surface area contributed by atoms with E-state index in [9.17, 15) is 4.79 Å². The molecule has 0 aliphatic carbocycles. The molecule has 0 saturated carbocycles. The third kappa shape index (κ3) is 4.38. The summed E-state index contributed by atoms with van der Waals surface area (Å²) in [6.07, 6.45) is 1.65. The van der Waals surface area contributed by atoms with Gasteiger partial charge in [0.1, 0.15) is 17.6 Å². The quantitative estimate of drug-likeness (QED) is 0.826. The van der Waals surface area contributed by atoms with Gasteiger partial charge in [-0.1, -0.05) is 12.1 Å². The Hall–Kier alpha value is -2.47. The van der Waals surface area contributed by atoms with Crippen LogP contribution < -0.4 is 15.0 Å². The van der Waals surface area contributed by atoms with Gasteiger partial charge in [-0.2, -0.15) is 0 Å². The second-order valence-electron chi connectivity index (χ2n) is 6.75. The van der Waals surface area contributed by atoms with Crippen molar-refractivity contribution in [1.82, 2.24) is 10.2 Å². The second kappa shape index (κ2) is 8.27. The van der Waals surface area contributed by atoms with Crippen LogP contribution in [-0.4, -0.2) is 50.1 Å². The Morgan fingerprint density at radius 3 is 2.88 bits per heavy atom. The van der Waals surface area contributed by atoms with Crippen molar-refractivity contribution in [2.75, 3.05) is 38.1 Å². The van der Waals surface area contributed by atoms with E-state index in [1.165, 1.54) is 0 Å². The summed E-state index contributed by atoms with van der Waals surface area (Å²) in [5, 5.41) is 2.96. The molecule has 0 saturated heterocycles. The normalized spacial score (nSPS) is 17.5. The number of hydrogen-bond donors (Lipinski definition) is 1. The first-order valence-corrected chi connectivity index (χ1v) is 9.08. The average molecular weight is 357 g/mol. The number of hydrogen-bond acceptors (Lipinski definition) is 5. The van der Waals surface area contributed by atoms with Gasteiger partial charge < -0.3 is 19.4 Å². The molecule has 1 amide bonds. The van der Waals surface area contributed by atoms with Gasteiger partial charge >= 0.3 is 0 Å². The fourth-order valence-electron chi connectivity index (χ4n) is 3.33. The van der Waals surface area contributed by atoms with E-state index in [0.717, 1.165) is 30.3 Å². The average Bonchev–Trinajstić information content (AvgIpc) is 3.15. The Labute approximate surface area is 154 Å². The van der Waals surface area contributed by atoms with Gasteiger partial charge in [0.15, 0.2) is 0 Å². The summed E-state index contributed by atoms with van der Waals surface area (Å²) in [5.74, 6) is 1.64. The largest absolute Gasteiger partial charge is 0.485 e. The second-order valence-corrected chi connectivity index (χ2v) is 6.75. The molecule has 1 N–H and O–H groups in total. The van der Waals surface area contributed by atoms with Crippen molar-refractivity contribution in [1.29, 1.82) is 0 Å². The summed E-state index contributed by atoms with van der Waals surface area (Å²) in [4.78, 5) is 16.6. The van der Waals surface area contributed by atoms with E-state index in [0.29, 0.717) is 13.1 Å². The Morgan fingerprint density at radius 2 is 2.15 bits per heavy atom. The maximum atomic E-state index is 12.3. The van der Waals surface area contributed by atoms with E-state index in [1.807, 2.05) is 49.2 Å². The topological polar surface area (TPSA) is 58.0 Å². The number of carbonyl (C=O) groups is 1. The highest BCUT2D eigenvalue weighted by Crippen LogP contribution is 2.32. The van der Waals surface area contributed by atoms with Crippen LogP contribution >= 0.6 is 0 Å². The van der Waals surface area contributed by atoms with Crippen molar-refractivity contribution in [3.63, 3.8) is 0 Å². The van der Waals surface area contributed by atoms with Gasteiger partial charge in [0.05, 0.1) is 31.1 Å². The Balaban J connectivity index is 1.52. The van der Waals surface area contributed by atoms with Crippen LogP contribution in [0.15, 0.2) is 47.1 Å². The first-order chi connectivity index (χ1) is 12.6. The zero-order valence-corrected chi connectivity index (χ0v) is 15.6. The Bertz CT molecular complexity index is 717. The summed E-state index contributed by atoms with van der Waals surface area (Å²) in [5.41, 5.74) is 1.14. The highest BCUT2D eigenvalue weighted by molar-refractivity contribution is 5.78. The van der Waals surface area contributed by atoms with Gasteiger partial charge in [0.2, 0.25) is 5.91 Å². The number of benzene rings is 1. The lowest BCUT2D eigenvalue weighted by atomic mass is 10.2. The van der Waals surface area contributed by atoms with E-state index in [4.69, 9.17) is 9.15 Å². The molecule has 0 spiro atoms. The van der Waals surface area contributed by atoms with Crippen molar-refractivity contribution in [2.24, 2.45) is 0 Å². The first-order valence-electron chi connectivity index (χ1n) is 9.08. The van der Waals surface area contributed by atoms with Gasteiger partial charge in [-0.25, -0.2) is 0 Å². The number of carbonyl (C=O) groups excluding carboxylic acids is 1. The number of para-hydroxylation sites is 2. The molecule has 2 atom stereocenters. The molecule has 0 fully saturated rings. The van der Waals surface area contributed by atoms with E-state index in [2.05, 4.69) is 23.2 Å². The van der Waals surface area contributed by atoms with Crippen molar-refractivity contribution in [2.45, 2.75) is 26.0 Å². The summed E-state index contributed by atoms with van der Waals surface area (Å²) in [6, 6.07) is 11.6. The number of anilines is 1. The molecule has 3 rings (SSSR count). The third-order valence-corrected chi connectivity index (χ3v) is 4.58. The minimum absolute atomic E-state index is 0.0278. The molecule has 1 aliphatic rings. The standard InChI is InChI=1S/C20H27N3O3/c1-4-23-13-16(26-19-9-6-5-8-17(19)23)12-22(3)14-20(24)21-15(2)18-10-7-11-25-18/h5-11,15-16H,4,12-14H2,1-3H3,(H,21,24)/t15-,16+/m1/s1. The Morgan fingerprint density at radius 1 is 1.35 bits per heavy atom. The van der Waals surface area contributed by atoms with Crippen LogP contribution in [0.1, 0.15) is 25.6 Å². The third-order valence-electron chi connectivity index (χ3n) is 4.58. The molecule has 6 nitrogen and oxygen atoms in total. The van der Waals surface area contributed by atoms with Crippen molar-refractivity contribution in [3.8, 4) is 5.75 Å². The number of ether oxygens (including phenoxy) is 1. The molecular weight excluding hydrogens is 330 g/mol. The van der Waals surface area contributed by atoms with Crippen LogP contribution in [0.2, 0.25) is 0 Å². The van der Waals surface area contributed by atoms with E-state index in [-0.39, 0.29) is 18.1 Å². The van der Waals surface area contributed by atoms with Gasteiger partial charge in [-0.3, -0.25) is 9.69 Å². The summed E-state index contributed by atoms with van der Waals surface area (Å²) in [6.45, 7) is 6.82. The van der Waals surface area contributed by atoms with Crippen LogP contribution in [0.25, 0.3) is 0 Å². The molecule has 1 aromatic carbocycles. The number of fused-ring (bicyclic) bond motifs is 1. The summed E-state index contributed by atoms with van der Waals surface area (Å²) >= 11 is 0. The Kier molecular flexibility index (Phi) is 5.83. The van der Waals surface area contributed by atoms with Crippen LogP contribution in [0.3, 0.4) is 0 Å². The maximum Gasteiger partial charge on any atom is 0.234 e. The predicted octanol–water partition coefficient (Wildman–Crippen LogP) is 2.68. The number of amides is 1. The number of nitrogens with zero attached hydrogens (tertiary/aromatic N) is 2. The highest BCUT2D eigenvalue weighted by Gasteiger charge is 2.26. The van der Waals surface area contributed by atoms with Crippen LogP contribution in [0.4, 0.5) is 5.69 Å². The minimum atomic E-state index is -0.140. The number of likely N-dealkylation sites (N-methyl/N-ethyl adjacent to an activating group) is 2. The molecule has 0 radical (unpaired) electrons. The summed E-state index contributed by atoms with van der Waals surface area (Å²) in [7, 11) is 1.94. The zero-order valence-electron chi connectivity index (χ0n) is 15.6. The maximum absolute atomic E-state index is 12.3. The fraction of sp³-hybridized carbons (Fsp3) is 0.450. The van der Waals surface area contributed by atoms with E-state index < -0.39 is 0 Å². The smallest absolute Gasteiger partial charge is 0.234 e. The van der Waals surface area contributed by atoms with Crippen molar-refractivity contribution in [3.05, 3.63) is 48.4 Å². The monoisotopic (exact) mass is 357 g/mol. The summed E-state index contributed by atoms with van der Waals surface area (Å²) < 4.78 is 11.5. The van der Waals surface area contributed by atoms with Gasteiger partial charge in [-0.05, 0) is 45.2 Å². The van der Waals surface area contributed by atoms with Crippen molar-refractivity contribution >= 4 is 11.6 Å². The molecular formula is C20H27N3O3. The van der Waals surface area contributed by atoms with Gasteiger partial charge in [0.25, 0.3) is 0 Å². The molecule has 140 valence electrons. The van der Waals surface area contributed by atoms with Crippen molar-refractivity contribution < 1.29 is 13.9 Å². The lowest BCUT2D eigenvalue weighted by molar-refractivity contribution is -0.122. The molecule has 2 heterocycles. The molecule has 0 bridgehead atoms. The molecule has 1 aliphatic heterocycles. The van der Waals surface area contributed by atoms with Crippen LogP contribution in [-0.2, 0) is 4.79 Å². The molecule has 0 unspecified atom stereocenters. The number of rotatable bonds is 7. The molecule has 6 heteroatoms. The van der Waals surface area contributed by atoms with Crippen LogP contribution in [0, 0.1) is 0 Å². The predicted molar refractivity (Wildman–Crippen MR) is 102 cm³/mol. The number of nitrogens with one attached hydrogen (secondary N) is 1. The molecule has 2 aromatic rings.